The lowest BCUT2D eigenvalue weighted by molar-refractivity contribution is 0.637. The molecule has 2 aromatic rings. The second kappa shape index (κ2) is 4.07. The zero-order valence-electron chi connectivity index (χ0n) is 8.23. The molecule has 1 unspecified atom stereocenters. The Hall–Kier alpha value is -0.930. The van der Waals surface area contributed by atoms with Gasteiger partial charge in [0.2, 0.25) is 0 Å². The van der Waals surface area contributed by atoms with Gasteiger partial charge in [0.15, 0.2) is 0 Å². The fourth-order valence-corrected chi connectivity index (χ4v) is 2.33. The summed E-state index contributed by atoms with van der Waals surface area (Å²) in [4.78, 5) is 4.37. The van der Waals surface area contributed by atoms with Crippen LogP contribution in [0.1, 0.15) is 31.4 Å². The Morgan fingerprint density at radius 2 is 2.43 bits per heavy atom. The first-order valence-corrected chi connectivity index (χ1v) is 5.78. The van der Waals surface area contributed by atoms with E-state index in [1.165, 1.54) is 4.70 Å². The Balaban J connectivity index is 2.33. The molecule has 2 aromatic heterocycles. The Kier molecular flexibility index (Phi) is 2.79. The van der Waals surface area contributed by atoms with Gasteiger partial charge in [0.1, 0.15) is 0 Å². The van der Waals surface area contributed by atoms with E-state index < -0.39 is 0 Å². The minimum Gasteiger partial charge on any atom is -0.324 e. The summed E-state index contributed by atoms with van der Waals surface area (Å²) in [7, 11) is 0. The maximum absolute atomic E-state index is 6.03. The van der Waals surface area contributed by atoms with Gasteiger partial charge in [-0.2, -0.15) is 0 Å². The summed E-state index contributed by atoms with van der Waals surface area (Å²) in [5.74, 6) is 0. The van der Waals surface area contributed by atoms with Gasteiger partial charge in [-0.3, -0.25) is 4.98 Å². The highest BCUT2D eigenvalue weighted by atomic mass is 32.1. The van der Waals surface area contributed by atoms with Crippen molar-refractivity contribution >= 4 is 21.6 Å². The molecule has 14 heavy (non-hydrogen) atoms. The van der Waals surface area contributed by atoms with Gasteiger partial charge >= 0.3 is 0 Å². The number of pyridine rings is 1. The predicted octanol–water partition coefficient (Wildman–Crippen LogP) is 3.10. The Morgan fingerprint density at radius 3 is 3.21 bits per heavy atom. The molecule has 0 aliphatic rings. The molecule has 2 nitrogen and oxygen atoms in total. The lowest BCUT2D eigenvalue weighted by Crippen LogP contribution is -2.09. The number of nitrogens with zero attached hydrogens (tertiary/aromatic N) is 1. The summed E-state index contributed by atoms with van der Waals surface area (Å²) < 4.78 is 1.23. The van der Waals surface area contributed by atoms with Crippen molar-refractivity contribution in [2.75, 3.05) is 0 Å². The third kappa shape index (κ3) is 1.79. The second-order valence-electron chi connectivity index (χ2n) is 3.47. The summed E-state index contributed by atoms with van der Waals surface area (Å²) in [5, 5.41) is 2.06. The minimum atomic E-state index is 0.138. The van der Waals surface area contributed by atoms with Crippen LogP contribution in [0.2, 0.25) is 0 Å². The molecule has 1 atom stereocenters. The van der Waals surface area contributed by atoms with Crippen molar-refractivity contribution in [1.29, 1.82) is 0 Å². The number of hydrogen-bond donors (Lipinski definition) is 1. The number of thiophene rings is 1. The number of hydrogen-bond acceptors (Lipinski definition) is 3. The van der Waals surface area contributed by atoms with Gasteiger partial charge < -0.3 is 5.73 Å². The van der Waals surface area contributed by atoms with Gasteiger partial charge in [0, 0.05) is 12.2 Å². The molecule has 3 heteroatoms. The van der Waals surface area contributed by atoms with Crippen LogP contribution in [0, 0.1) is 0 Å². The molecule has 0 spiro atoms. The fourth-order valence-electron chi connectivity index (χ4n) is 1.54. The molecule has 2 N–H and O–H groups in total. The first-order chi connectivity index (χ1) is 6.81. The van der Waals surface area contributed by atoms with Crippen LogP contribution in [0.4, 0.5) is 0 Å². The van der Waals surface area contributed by atoms with Gasteiger partial charge in [0.25, 0.3) is 0 Å². The number of nitrogens with two attached hydrogens (primary N) is 1. The smallest absolute Gasteiger partial charge is 0.0809 e. The standard InChI is InChI=1S/C11H14N2S/c1-2-3-9(12)8-6-11-10(13-7-8)4-5-14-11/h4-7,9H,2-3,12H2,1H3. The third-order valence-electron chi connectivity index (χ3n) is 2.35. The zero-order valence-corrected chi connectivity index (χ0v) is 9.05. The van der Waals surface area contributed by atoms with E-state index in [0.717, 1.165) is 23.9 Å². The van der Waals surface area contributed by atoms with Crippen LogP contribution < -0.4 is 5.73 Å². The Labute approximate surface area is 87.8 Å². The molecular formula is C11H14N2S. The fraction of sp³-hybridized carbons (Fsp3) is 0.364. The average molecular weight is 206 g/mol. The highest BCUT2D eigenvalue weighted by molar-refractivity contribution is 7.17. The van der Waals surface area contributed by atoms with E-state index in [-0.39, 0.29) is 6.04 Å². The topological polar surface area (TPSA) is 38.9 Å². The predicted molar refractivity (Wildman–Crippen MR) is 61.5 cm³/mol. The molecule has 0 amide bonds. The van der Waals surface area contributed by atoms with Crippen molar-refractivity contribution in [1.82, 2.24) is 4.98 Å². The maximum Gasteiger partial charge on any atom is 0.0809 e. The molecule has 0 bridgehead atoms. The molecule has 0 fully saturated rings. The first-order valence-electron chi connectivity index (χ1n) is 4.90. The van der Waals surface area contributed by atoms with E-state index in [1.807, 2.05) is 12.3 Å². The van der Waals surface area contributed by atoms with Crippen molar-refractivity contribution in [3.05, 3.63) is 29.3 Å². The molecule has 0 aliphatic heterocycles. The molecule has 0 saturated carbocycles. The molecule has 0 radical (unpaired) electrons. The highest BCUT2D eigenvalue weighted by Crippen LogP contribution is 2.23. The van der Waals surface area contributed by atoms with Crippen LogP contribution in [-0.4, -0.2) is 4.98 Å². The summed E-state index contributed by atoms with van der Waals surface area (Å²) in [6, 6.07) is 4.33. The molecule has 0 saturated heterocycles. The van der Waals surface area contributed by atoms with Crippen molar-refractivity contribution < 1.29 is 0 Å². The molecule has 0 aromatic carbocycles. The summed E-state index contributed by atoms with van der Waals surface area (Å²) >= 11 is 1.72. The van der Waals surface area contributed by atoms with E-state index in [0.29, 0.717) is 0 Å². The largest absolute Gasteiger partial charge is 0.324 e. The van der Waals surface area contributed by atoms with E-state index in [4.69, 9.17) is 5.73 Å². The van der Waals surface area contributed by atoms with Gasteiger partial charge in [0.05, 0.1) is 10.2 Å². The molecular weight excluding hydrogens is 192 g/mol. The quantitative estimate of drug-likeness (QED) is 0.838. The summed E-state index contributed by atoms with van der Waals surface area (Å²) in [6.07, 6.45) is 4.04. The number of rotatable bonds is 3. The zero-order chi connectivity index (χ0) is 9.97. The van der Waals surface area contributed by atoms with Gasteiger partial charge in [-0.25, -0.2) is 0 Å². The van der Waals surface area contributed by atoms with Crippen LogP contribution in [0.25, 0.3) is 10.2 Å². The van der Waals surface area contributed by atoms with Crippen molar-refractivity contribution in [2.24, 2.45) is 5.73 Å². The molecule has 0 aliphatic carbocycles. The van der Waals surface area contributed by atoms with E-state index in [9.17, 15) is 0 Å². The Bertz CT molecular complexity index is 422. The third-order valence-corrected chi connectivity index (χ3v) is 3.20. The van der Waals surface area contributed by atoms with Crippen LogP contribution in [0.5, 0.6) is 0 Å². The summed E-state index contributed by atoms with van der Waals surface area (Å²) in [6.45, 7) is 2.15. The van der Waals surface area contributed by atoms with Gasteiger partial charge in [-0.1, -0.05) is 13.3 Å². The second-order valence-corrected chi connectivity index (χ2v) is 4.42. The SMILES string of the molecule is CCCC(N)c1cnc2ccsc2c1. The van der Waals surface area contributed by atoms with E-state index >= 15 is 0 Å². The molecule has 74 valence electrons. The maximum atomic E-state index is 6.03. The molecule has 2 heterocycles. The first kappa shape index (κ1) is 9.62. The Morgan fingerprint density at radius 1 is 1.57 bits per heavy atom. The van der Waals surface area contributed by atoms with Crippen LogP contribution in [0.3, 0.4) is 0 Å². The van der Waals surface area contributed by atoms with Crippen LogP contribution in [-0.2, 0) is 0 Å². The molecule has 2 rings (SSSR count). The van der Waals surface area contributed by atoms with E-state index in [1.54, 1.807) is 11.3 Å². The number of aromatic nitrogens is 1. The van der Waals surface area contributed by atoms with Crippen LogP contribution in [0.15, 0.2) is 23.7 Å². The normalized spacial score (nSPS) is 13.3. The van der Waals surface area contributed by atoms with Crippen molar-refractivity contribution in [3.8, 4) is 0 Å². The highest BCUT2D eigenvalue weighted by Gasteiger charge is 2.06. The minimum absolute atomic E-state index is 0.138. The van der Waals surface area contributed by atoms with Crippen LogP contribution >= 0.6 is 11.3 Å². The summed E-state index contributed by atoms with van der Waals surface area (Å²) in [5.41, 5.74) is 8.26. The average Bonchev–Trinajstić information content (AvgIpc) is 2.64. The van der Waals surface area contributed by atoms with E-state index in [2.05, 4.69) is 23.4 Å². The van der Waals surface area contributed by atoms with Crippen molar-refractivity contribution in [2.45, 2.75) is 25.8 Å². The van der Waals surface area contributed by atoms with Gasteiger partial charge in [-0.05, 0) is 29.5 Å². The lowest BCUT2D eigenvalue weighted by atomic mass is 10.1. The van der Waals surface area contributed by atoms with Crippen molar-refractivity contribution in [3.63, 3.8) is 0 Å². The monoisotopic (exact) mass is 206 g/mol. The number of fused-ring (bicyclic) bond motifs is 1. The lowest BCUT2D eigenvalue weighted by Gasteiger charge is -2.09. The van der Waals surface area contributed by atoms with Gasteiger partial charge in [-0.15, -0.1) is 11.3 Å².